The topological polar surface area (TPSA) is 48.9 Å². The van der Waals surface area contributed by atoms with Crippen LogP contribution in [0, 0.1) is 12.8 Å². The molecule has 0 aliphatic carbocycles. The summed E-state index contributed by atoms with van der Waals surface area (Å²) in [7, 11) is 1.83. The Kier molecular flexibility index (Phi) is 8.22. The van der Waals surface area contributed by atoms with Crippen LogP contribution in [0.2, 0.25) is 0 Å². The molecule has 1 unspecified atom stereocenters. The molecule has 1 fully saturated rings. The number of aryl methyl sites for hydroxylation is 1. The number of aliphatic imine (C=N–C) groups is 1. The van der Waals surface area contributed by atoms with Gasteiger partial charge in [-0.3, -0.25) is 9.89 Å². The van der Waals surface area contributed by atoms with E-state index in [1.165, 1.54) is 11.1 Å². The van der Waals surface area contributed by atoms with Crippen LogP contribution in [0.1, 0.15) is 37.4 Å². The third-order valence-corrected chi connectivity index (χ3v) is 4.65. The Balaban J connectivity index is 1.98. The first-order chi connectivity index (χ1) is 12.1. The molecule has 140 valence electrons. The third-order valence-electron chi connectivity index (χ3n) is 4.65. The second-order valence-electron chi connectivity index (χ2n) is 7.14. The van der Waals surface area contributed by atoms with E-state index in [0.717, 1.165) is 51.8 Å². The highest BCUT2D eigenvalue weighted by atomic mass is 16.5. The van der Waals surface area contributed by atoms with Gasteiger partial charge in [-0.15, -0.1) is 0 Å². The lowest BCUT2D eigenvalue weighted by atomic mass is 10.0. The van der Waals surface area contributed by atoms with Crippen LogP contribution in [0.5, 0.6) is 0 Å². The molecule has 5 nitrogen and oxygen atoms in total. The lowest BCUT2D eigenvalue weighted by molar-refractivity contribution is 0.0170. The summed E-state index contributed by atoms with van der Waals surface area (Å²) in [4.78, 5) is 6.86. The van der Waals surface area contributed by atoms with Gasteiger partial charge in [0.2, 0.25) is 0 Å². The number of morpholine rings is 1. The number of hydrogen-bond acceptors (Lipinski definition) is 3. The summed E-state index contributed by atoms with van der Waals surface area (Å²) >= 11 is 0. The fourth-order valence-corrected chi connectivity index (χ4v) is 3.03. The monoisotopic (exact) mass is 346 g/mol. The molecule has 1 aromatic carbocycles. The predicted molar refractivity (Wildman–Crippen MR) is 105 cm³/mol. The highest BCUT2D eigenvalue weighted by Gasteiger charge is 2.22. The minimum absolute atomic E-state index is 0.327. The highest BCUT2D eigenvalue weighted by molar-refractivity contribution is 5.79. The molecule has 25 heavy (non-hydrogen) atoms. The Morgan fingerprint density at radius 1 is 1.16 bits per heavy atom. The third kappa shape index (κ3) is 6.67. The smallest absolute Gasteiger partial charge is 0.191 e. The molecule has 1 saturated heterocycles. The van der Waals surface area contributed by atoms with Crippen molar-refractivity contribution in [2.75, 3.05) is 46.4 Å². The van der Waals surface area contributed by atoms with Gasteiger partial charge in [0.25, 0.3) is 0 Å². The molecule has 0 spiro atoms. The van der Waals surface area contributed by atoms with Crippen molar-refractivity contribution in [3.8, 4) is 0 Å². The van der Waals surface area contributed by atoms with E-state index in [-0.39, 0.29) is 0 Å². The average Bonchev–Trinajstić information content (AvgIpc) is 2.62. The second kappa shape index (κ2) is 10.4. The molecular weight excluding hydrogens is 312 g/mol. The van der Waals surface area contributed by atoms with Crippen molar-refractivity contribution >= 4 is 5.96 Å². The van der Waals surface area contributed by atoms with Crippen molar-refractivity contribution in [1.29, 1.82) is 0 Å². The molecule has 0 aromatic heterocycles. The molecule has 0 saturated carbocycles. The molecule has 0 radical (unpaired) electrons. The number of nitrogens with one attached hydrogen (secondary N) is 2. The molecule has 5 heteroatoms. The fraction of sp³-hybridized carbons (Fsp3) is 0.650. The maximum Gasteiger partial charge on any atom is 0.191 e. The van der Waals surface area contributed by atoms with Gasteiger partial charge >= 0.3 is 0 Å². The predicted octanol–water partition coefficient (Wildman–Crippen LogP) is 2.58. The molecule has 2 N–H and O–H groups in total. The molecule has 1 aromatic rings. The summed E-state index contributed by atoms with van der Waals surface area (Å²) in [5.74, 6) is 1.57. The molecule has 0 bridgehead atoms. The fourth-order valence-electron chi connectivity index (χ4n) is 3.03. The van der Waals surface area contributed by atoms with Crippen LogP contribution >= 0.6 is 0 Å². The van der Waals surface area contributed by atoms with Gasteiger partial charge in [0.15, 0.2) is 5.96 Å². The van der Waals surface area contributed by atoms with Gasteiger partial charge in [0.1, 0.15) is 0 Å². The second-order valence-corrected chi connectivity index (χ2v) is 7.14. The maximum atomic E-state index is 5.53. The van der Waals surface area contributed by atoms with E-state index in [1.54, 1.807) is 0 Å². The molecule has 1 aliphatic rings. The number of hydrogen-bond donors (Lipinski definition) is 2. The largest absolute Gasteiger partial charge is 0.379 e. The van der Waals surface area contributed by atoms with Crippen molar-refractivity contribution < 1.29 is 4.74 Å². The number of nitrogens with zero attached hydrogens (tertiary/aromatic N) is 2. The molecule has 1 atom stereocenters. The summed E-state index contributed by atoms with van der Waals surface area (Å²) in [6.45, 7) is 12.0. The Bertz CT molecular complexity index is 521. The number of benzene rings is 1. The summed E-state index contributed by atoms with van der Waals surface area (Å²) in [6.07, 6.45) is 1.14. The van der Waals surface area contributed by atoms with Crippen LogP contribution in [-0.2, 0) is 4.74 Å². The quantitative estimate of drug-likeness (QED) is 0.588. The van der Waals surface area contributed by atoms with Gasteiger partial charge in [-0.25, -0.2) is 0 Å². The molecule has 1 heterocycles. The zero-order chi connectivity index (χ0) is 18.1. The highest BCUT2D eigenvalue weighted by Crippen LogP contribution is 2.21. The van der Waals surface area contributed by atoms with E-state index in [2.05, 4.69) is 65.6 Å². The van der Waals surface area contributed by atoms with Crippen molar-refractivity contribution in [3.05, 3.63) is 35.4 Å². The lowest BCUT2D eigenvalue weighted by Gasteiger charge is -2.35. The minimum Gasteiger partial charge on any atom is -0.379 e. The maximum absolute atomic E-state index is 5.53. The number of guanidine groups is 1. The van der Waals surface area contributed by atoms with Gasteiger partial charge in [-0.05, 0) is 24.8 Å². The minimum atomic E-state index is 0.327. The first-order valence-corrected chi connectivity index (χ1v) is 9.43. The van der Waals surface area contributed by atoms with Gasteiger partial charge in [0, 0.05) is 33.2 Å². The van der Waals surface area contributed by atoms with Crippen molar-refractivity contribution in [2.24, 2.45) is 10.9 Å². The Morgan fingerprint density at radius 2 is 1.84 bits per heavy atom. The van der Waals surface area contributed by atoms with Crippen LogP contribution in [0.3, 0.4) is 0 Å². The summed E-state index contributed by atoms with van der Waals surface area (Å²) in [5, 5.41) is 6.93. The Hall–Kier alpha value is -1.59. The SMILES string of the molecule is CN=C(NCCC(C)C)NCC(c1ccc(C)cc1)N1CCOCC1. The number of rotatable bonds is 7. The molecule has 0 amide bonds. The van der Waals surface area contributed by atoms with Crippen LogP contribution < -0.4 is 10.6 Å². The zero-order valence-electron chi connectivity index (χ0n) is 16.2. The van der Waals surface area contributed by atoms with Crippen LogP contribution in [0.15, 0.2) is 29.3 Å². The van der Waals surface area contributed by atoms with Crippen LogP contribution in [-0.4, -0.2) is 57.3 Å². The van der Waals surface area contributed by atoms with Gasteiger partial charge in [-0.2, -0.15) is 0 Å². The average molecular weight is 347 g/mol. The van der Waals surface area contributed by atoms with E-state index >= 15 is 0 Å². The molecular formula is C20H34N4O. The first-order valence-electron chi connectivity index (χ1n) is 9.43. The van der Waals surface area contributed by atoms with Crippen molar-refractivity contribution in [1.82, 2.24) is 15.5 Å². The summed E-state index contributed by atoms with van der Waals surface area (Å²) < 4.78 is 5.53. The first kappa shape index (κ1) is 19.7. The number of ether oxygens (including phenoxy) is 1. The Labute approximate surface area is 152 Å². The zero-order valence-corrected chi connectivity index (χ0v) is 16.2. The Morgan fingerprint density at radius 3 is 2.44 bits per heavy atom. The summed E-state index contributed by atoms with van der Waals surface area (Å²) in [6, 6.07) is 9.20. The van der Waals surface area contributed by atoms with Gasteiger partial charge < -0.3 is 15.4 Å². The van der Waals surface area contributed by atoms with E-state index in [0.29, 0.717) is 12.0 Å². The molecule has 1 aliphatic heterocycles. The van der Waals surface area contributed by atoms with Gasteiger partial charge in [0.05, 0.1) is 19.3 Å². The van der Waals surface area contributed by atoms with E-state index < -0.39 is 0 Å². The van der Waals surface area contributed by atoms with Crippen LogP contribution in [0.25, 0.3) is 0 Å². The summed E-state index contributed by atoms with van der Waals surface area (Å²) in [5.41, 5.74) is 2.64. The van der Waals surface area contributed by atoms with Gasteiger partial charge in [-0.1, -0.05) is 43.7 Å². The van der Waals surface area contributed by atoms with Crippen molar-refractivity contribution in [2.45, 2.75) is 33.2 Å². The molecule has 2 rings (SSSR count). The lowest BCUT2D eigenvalue weighted by Crippen LogP contribution is -2.46. The van der Waals surface area contributed by atoms with E-state index in [1.807, 2.05) is 7.05 Å². The standard InChI is InChI=1S/C20H34N4O/c1-16(2)9-10-22-20(21-4)23-15-19(24-11-13-25-14-12-24)18-7-5-17(3)6-8-18/h5-8,16,19H,9-15H2,1-4H3,(H2,21,22,23). The van der Waals surface area contributed by atoms with Crippen molar-refractivity contribution in [3.63, 3.8) is 0 Å². The van der Waals surface area contributed by atoms with E-state index in [9.17, 15) is 0 Å². The normalized spacial score (nSPS) is 17.6. The van der Waals surface area contributed by atoms with Crippen LogP contribution in [0.4, 0.5) is 0 Å². The van der Waals surface area contributed by atoms with E-state index in [4.69, 9.17) is 4.74 Å².